The number of esters is 1. The Morgan fingerprint density at radius 1 is 1.38 bits per heavy atom. The Bertz CT molecular complexity index is 399. The van der Waals surface area contributed by atoms with Gasteiger partial charge in [-0.3, -0.25) is 0 Å². The van der Waals surface area contributed by atoms with Crippen LogP contribution < -0.4 is 4.74 Å². The van der Waals surface area contributed by atoms with Gasteiger partial charge >= 0.3 is 5.97 Å². The highest BCUT2D eigenvalue weighted by Crippen LogP contribution is 2.19. The Morgan fingerprint density at radius 3 is 2.50 bits per heavy atom. The lowest BCUT2D eigenvalue weighted by Crippen LogP contribution is -2.24. The molecule has 0 aliphatic carbocycles. The molecule has 1 aromatic rings. The number of hydrogen-bond donors (Lipinski definition) is 0. The third-order valence-corrected chi connectivity index (χ3v) is 2.02. The smallest absolute Gasteiger partial charge is 0.338 e. The van der Waals surface area contributed by atoms with Gasteiger partial charge in [0, 0.05) is 6.07 Å². The first-order valence-corrected chi connectivity index (χ1v) is 5.56. The quantitative estimate of drug-likeness (QED) is 0.620. The average molecular weight is 288 g/mol. The largest absolute Gasteiger partial charge is 0.481 e. The number of halogens is 1. The summed E-state index contributed by atoms with van der Waals surface area (Å²) in [4.78, 5) is 15.8. The molecule has 16 heavy (non-hydrogen) atoms. The van der Waals surface area contributed by atoms with Crippen LogP contribution in [0.5, 0.6) is 5.88 Å². The summed E-state index contributed by atoms with van der Waals surface area (Å²) in [5.74, 6) is -0.0239. The summed E-state index contributed by atoms with van der Waals surface area (Å²) < 4.78 is 10.7. The molecule has 4 nitrogen and oxygen atoms in total. The highest BCUT2D eigenvalue weighted by atomic mass is 79.9. The molecular weight excluding hydrogens is 274 g/mol. The van der Waals surface area contributed by atoms with Gasteiger partial charge in [-0.1, -0.05) is 0 Å². The molecule has 1 heterocycles. The minimum Gasteiger partial charge on any atom is -0.481 e. The number of nitrogens with zero attached hydrogens (tertiary/aromatic N) is 1. The summed E-state index contributed by atoms with van der Waals surface area (Å²) in [5.41, 5.74) is -0.103. The normalized spacial score (nSPS) is 11.1. The summed E-state index contributed by atoms with van der Waals surface area (Å²) in [7, 11) is 1.49. The van der Waals surface area contributed by atoms with Crippen LogP contribution in [0.4, 0.5) is 0 Å². The molecular formula is C11H14BrNO3. The van der Waals surface area contributed by atoms with Crippen molar-refractivity contribution < 1.29 is 14.3 Å². The van der Waals surface area contributed by atoms with E-state index in [0.29, 0.717) is 16.0 Å². The molecule has 0 unspecified atom stereocenters. The van der Waals surface area contributed by atoms with E-state index in [-0.39, 0.29) is 0 Å². The molecule has 0 N–H and O–H groups in total. The zero-order chi connectivity index (χ0) is 12.3. The molecule has 0 atom stereocenters. The first kappa shape index (κ1) is 13.0. The summed E-state index contributed by atoms with van der Waals surface area (Å²) >= 11 is 3.20. The molecule has 0 aliphatic heterocycles. The predicted molar refractivity (Wildman–Crippen MR) is 63.7 cm³/mol. The molecule has 0 aliphatic rings. The lowest BCUT2D eigenvalue weighted by atomic mass is 10.2. The molecule has 0 amide bonds. The van der Waals surface area contributed by atoms with E-state index in [4.69, 9.17) is 9.47 Å². The van der Waals surface area contributed by atoms with Crippen LogP contribution in [0.3, 0.4) is 0 Å². The molecule has 0 aromatic carbocycles. The Kier molecular flexibility index (Phi) is 3.91. The van der Waals surface area contributed by atoms with Crippen molar-refractivity contribution in [2.45, 2.75) is 26.4 Å². The second kappa shape index (κ2) is 4.82. The van der Waals surface area contributed by atoms with Crippen molar-refractivity contribution in [3.05, 3.63) is 22.3 Å². The molecule has 88 valence electrons. The Morgan fingerprint density at radius 2 is 2.00 bits per heavy atom. The van der Waals surface area contributed by atoms with Gasteiger partial charge in [0.25, 0.3) is 0 Å². The van der Waals surface area contributed by atoms with Gasteiger partial charge in [0.15, 0.2) is 0 Å². The number of pyridine rings is 1. The highest BCUT2D eigenvalue weighted by molar-refractivity contribution is 9.10. The number of ether oxygens (including phenoxy) is 2. The van der Waals surface area contributed by atoms with E-state index >= 15 is 0 Å². The number of carbonyl (C=O) groups is 1. The van der Waals surface area contributed by atoms with E-state index in [2.05, 4.69) is 20.9 Å². The van der Waals surface area contributed by atoms with Crippen LogP contribution in [0.2, 0.25) is 0 Å². The number of methoxy groups -OCH3 is 1. The molecule has 0 spiro atoms. The zero-order valence-corrected chi connectivity index (χ0v) is 11.3. The van der Waals surface area contributed by atoms with Crippen molar-refractivity contribution in [3.8, 4) is 5.88 Å². The summed E-state index contributed by atoms with van der Waals surface area (Å²) in [6.45, 7) is 5.45. The van der Waals surface area contributed by atoms with Gasteiger partial charge in [-0.2, -0.15) is 0 Å². The Labute approximate surface area is 103 Å². The first-order chi connectivity index (χ1) is 7.31. The highest BCUT2D eigenvalue weighted by Gasteiger charge is 2.19. The van der Waals surface area contributed by atoms with Crippen molar-refractivity contribution in [3.63, 3.8) is 0 Å². The number of rotatable bonds is 2. The van der Waals surface area contributed by atoms with Gasteiger partial charge < -0.3 is 9.47 Å². The maximum Gasteiger partial charge on any atom is 0.338 e. The van der Waals surface area contributed by atoms with Crippen molar-refractivity contribution >= 4 is 21.9 Å². The molecule has 5 heteroatoms. The summed E-state index contributed by atoms with van der Waals surface area (Å²) in [5, 5.41) is 0. The second-order valence-corrected chi connectivity index (χ2v) is 5.04. The lowest BCUT2D eigenvalue weighted by molar-refractivity contribution is 0.00689. The van der Waals surface area contributed by atoms with Crippen LogP contribution >= 0.6 is 15.9 Å². The fraction of sp³-hybridized carbons (Fsp3) is 0.455. The minimum atomic E-state index is -0.514. The van der Waals surface area contributed by atoms with E-state index in [0.717, 1.165) is 0 Å². The van der Waals surface area contributed by atoms with Crippen LogP contribution in [0.1, 0.15) is 31.1 Å². The number of hydrogen-bond acceptors (Lipinski definition) is 4. The Balaban J connectivity index is 2.95. The van der Waals surface area contributed by atoms with E-state index < -0.39 is 11.6 Å². The van der Waals surface area contributed by atoms with Gasteiger partial charge in [0.2, 0.25) is 5.88 Å². The van der Waals surface area contributed by atoms with Crippen molar-refractivity contribution in [1.82, 2.24) is 4.98 Å². The molecule has 0 fully saturated rings. The van der Waals surface area contributed by atoms with Crippen LogP contribution in [0, 0.1) is 0 Å². The molecule has 1 aromatic heterocycles. The van der Waals surface area contributed by atoms with E-state index in [1.54, 1.807) is 12.1 Å². The third-order valence-electron chi connectivity index (χ3n) is 1.61. The summed E-state index contributed by atoms with van der Waals surface area (Å²) in [6, 6.07) is 3.13. The third kappa shape index (κ3) is 3.81. The molecule has 0 saturated carbocycles. The van der Waals surface area contributed by atoms with Gasteiger partial charge in [-0.05, 0) is 42.8 Å². The fourth-order valence-electron chi connectivity index (χ4n) is 1.03. The predicted octanol–water partition coefficient (Wildman–Crippen LogP) is 2.81. The zero-order valence-electron chi connectivity index (χ0n) is 9.70. The van der Waals surface area contributed by atoms with E-state index in [9.17, 15) is 4.79 Å². The van der Waals surface area contributed by atoms with Crippen LogP contribution in [0.15, 0.2) is 16.7 Å². The van der Waals surface area contributed by atoms with Gasteiger partial charge in [-0.25, -0.2) is 9.78 Å². The van der Waals surface area contributed by atoms with Crippen LogP contribution in [-0.2, 0) is 4.74 Å². The fourth-order valence-corrected chi connectivity index (χ4v) is 1.45. The maximum atomic E-state index is 11.8. The number of aromatic nitrogens is 1. The first-order valence-electron chi connectivity index (χ1n) is 4.77. The molecule has 0 radical (unpaired) electrons. The van der Waals surface area contributed by atoms with E-state index in [1.165, 1.54) is 7.11 Å². The minimum absolute atomic E-state index is 0.371. The summed E-state index contributed by atoms with van der Waals surface area (Å²) in [6.07, 6.45) is 0. The molecule has 1 rings (SSSR count). The second-order valence-electron chi connectivity index (χ2n) is 4.22. The maximum absolute atomic E-state index is 11.8. The Hall–Kier alpha value is -1.10. The van der Waals surface area contributed by atoms with E-state index in [1.807, 2.05) is 20.8 Å². The monoisotopic (exact) mass is 287 g/mol. The lowest BCUT2D eigenvalue weighted by Gasteiger charge is -2.19. The van der Waals surface area contributed by atoms with Crippen molar-refractivity contribution in [1.29, 1.82) is 0 Å². The van der Waals surface area contributed by atoms with Gasteiger partial charge in [-0.15, -0.1) is 0 Å². The topological polar surface area (TPSA) is 48.4 Å². The van der Waals surface area contributed by atoms with Gasteiger partial charge in [0.1, 0.15) is 10.2 Å². The van der Waals surface area contributed by atoms with Crippen LogP contribution in [0.25, 0.3) is 0 Å². The van der Waals surface area contributed by atoms with Crippen LogP contribution in [-0.4, -0.2) is 23.7 Å². The SMILES string of the molecule is COc1cc(C(=O)OC(C)(C)C)cc(Br)n1. The standard InChI is InChI=1S/C11H14BrNO3/c1-11(2,3)16-10(14)7-5-8(12)13-9(6-7)15-4/h5-6H,1-4H3. The average Bonchev–Trinajstić information content (AvgIpc) is 2.14. The molecule has 0 bridgehead atoms. The van der Waals surface area contributed by atoms with Crippen molar-refractivity contribution in [2.24, 2.45) is 0 Å². The molecule has 0 saturated heterocycles. The van der Waals surface area contributed by atoms with Gasteiger partial charge in [0.05, 0.1) is 12.7 Å². The number of carbonyl (C=O) groups excluding carboxylic acids is 1. The van der Waals surface area contributed by atoms with Crippen molar-refractivity contribution in [2.75, 3.05) is 7.11 Å².